The van der Waals surface area contributed by atoms with Gasteiger partial charge in [-0.25, -0.2) is 0 Å². The quantitative estimate of drug-likeness (QED) is 0.864. The average Bonchev–Trinajstić information content (AvgIpc) is 2.63. The lowest BCUT2D eigenvalue weighted by molar-refractivity contribution is -0.0364. The van der Waals surface area contributed by atoms with E-state index in [1.165, 1.54) is 0 Å². The number of aliphatic hydroxyl groups is 1. The van der Waals surface area contributed by atoms with Crippen LogP contribution in [-0.2, 0) is 4.74 Å². The van der Waals surface area contributed by atoms with E-state index in [0.29, 0.717) is 13.2 Å². The zero-order valence-electron chi connectivity index (χ0n) is 14.0. The van der Waals surface area contributed by atoms with Gasteiger partial charge in [0.25, 0.3) is 0 Å². The molecule has 24 heavy (non-hydrogen) atoms. The molecular formula is C18H24N4O2. The number of hydrogen-bond acceptors (Lipinski definition) is 6. The van der Waals surface area contributed by atoms with Crippen molar-refractivity contribution < 1.29 is 9.84 Å². The molecule has 2 heterocycles. The second kappa shape index (κ2) is 8.19. The molecule has 6 heteroatoms. The Morgan fingerprint density at radius 1 is 1.29 bits per heavy atom. The van der Waals surface area contributed by atoms with Gasteiger partial charge in [0.2, 0.25) is 0 Å². The van der Waals surface area contributed by atoms with Crippen molar-refractivity contribution in [1.82, 2.24) is 15.1 Å². The molecule has 0 aliphatic carbocycles. The van der Waals surface area contributed by atoms with Gasteiger partial charge in [-0.2, -0.15) is 5.10 Å². The van der Waals surface area contributed by atoms with Gasteiger partial charge in [-0.05, 0) is 17.7 Å². The minimum absolute atomic E-state index is 0.0914. The zero-order valence-corrected chi connectivity index (χ0v) is 14.0. The Morgan fingerprint density at radius 3 is 2.88 bits per heavy atom. The van der Waals surface area contributed by atoms with Gasteiger partial charge in [0.05, 0.1) is 18.8 Å². The Kier molecular flexibility index (Phi) is 5.74. The Hall–Kier alpha value is -2.02. The molecule has 2 aromatic rings. The normalized spacial score (nSPS) is 19.8. The number of ether oxygens (including phenoxy) is 1. The zero-order chi connectivity index (χ0) is 16.8. The number of aliphatic hydroxyl groups excluding tert-OH is 1. The van der Waals surface area contributed by atoms with Gasteiger partial charge in [-0.15, -0.1) is 5.10 Å². The molecule has 128 valence electrons. The van der Waals surface area contributed by atoms with Crippen LogP contribution < -0.4 is 4.90 Å². The van der Waals surface area contributed by atoms with Crippen molar-refractivity contribution in [3.8, 4) is 0 Å². The Labute approximate surface area is 142 Å². The van der Waals surface area contributed by atoms with Crippen molar-refractivity contribution in [3.05, 3.63) is 54.2 Å². The standard InChI is InChI=1S/C18H24N4O2/c1-21(18-8-5-9-19-20-18)12-16-13-22(10-11-24-16)14-17(23)15-6-3-2-4-7-15/h2-9,16-17,23H,10-14H2,1H3. The third-order valence-electron chi connectivity index (χ3n) is 4.27. The van der Waals surface area contributed by atoms with Crippen LogP contribution in [0.4, 0.5) is 5.82 Å². The minimum Gasteiger partial charge on any atom is -0.387 e. The van der Waals surface area contributed by atoms with Crippen LogP contribution in [-0.4, -0.2) is 66.1 Å². The van der Waals surface area contributed by atoms with E-state index < -0.39 is 6.10 Å². The summed E-state index contributed by atoms with van der Waals surface area (Å²) in [5.41, 5.74) is 0.956. The summed E-state index contributed by atoms with van der Waals surface area (Å²) in [6.07, 6.45) is 1.29. The molecule has 1 N–H and O–H groups in total. The van der Waals surface area contributed by atoms with Crippen molar-refractivity contribution in [2.45, 2.75) is 12.2 Å². The molecule has 1 aromatic carbocycles. The lowest BCUT2D eigenvalue weighted by atomic mass is 10.1. The summed E-state index contributed by atoms with van der Waals surface area (Å²) in [6.45, 7) is 3.69. The average molecular weight is 328 g/mol. The van der Waals surface area contributed by atoms with Crippen molar-refractivity contribution in [3.63, 3.8) is 0 Å². The van der Waals surface area contributed by atoms with Crippen LogP contribution in [0.15, 0.2) is 48.7 Å². The second-order valence-electron chi connectivity index (χ2n) is 6.14. The van der Waals surface area contributed by atoms with Crippen LogP contribution >= 0.6 is 0 Å². The number of likely N-dealkylation sites (N-methyl/N-ethyl adjacent to an activating group) is 1. The van der Waals surface area contributed by atoms with Crippen LogP contribution in [0.3, 0.4) is 0 Å². The first-order valence-corrected chi connectivity index (χ1v) is 8.28. The fourth-order valence-corrected chi connectivity index (χ4v) is 2.98. The number of benzene rings is 1. The predicted octanol–water partition coefficient (Wildman–Crippen LogP) is 1.35. The monoisotopic (exact) mass is 328 g/mol. The van der Waals surface area contributed by atoms with E-state index in [9.17, 15) is 5.11 Å². The van der Waals surface area contributed by atoms with Gasteiger partial charge < -0.3 is 14.7 Å². The number of rotatable bonds is 6. The predicted molar refractivity (Wildman–Crippen MR) is 92.9 cm³/mol. The highest BCUT2D eigenvalue weighted by molar-refractivity contribution is 5.35. The lowest BCUT2D eigenvalue weighted by Gasteiger charge is -2.35. The molecule has 0 radical (unpaired) electrons. The lowest BCUT2D eigenvalue weighted by Crippen LogP contribution is -2.48. The van der Waals surface area contributed by atoms with Gasteiger partial charge in [-0.3, -0.25) is 4.90 Å². The number of nitrogens with zero attached hydrogens (tertiary/aromatic N) is 4. The molecule has 0 amide bonds. The first-order chi connectivity index (χ1) is 11.7. The van der Waals surface area contributed by atoms with E-state index in [-0.39, 0.29) is 6.10 Å². The Balaban J connectivity index is 1.53. The molecule has 0 saturated carbocycles. The topological polar surface area (TPSA) is 61.7 Å². The number of β-amino-alcohol motifs (C(OH)–C–C–N with tert-alkyl or cyclic N) is 1. The van der Waals surface area contributed by atoms with Gasteiger partial charge >= 0.3 is 0 Å². The van der Waals surface area contributed by atoms with Crippen LogP contribution in [0.2, 0.25) is 0 Å². The fraction of sp³-hybridized carbons (Fsp3) is 0.444. The summed E-state index contributed by atoms with van der Waals surface area (Å²) in [6, 6.07) is 13.6. The highest BCUT2D eigenvalue weighted by Crippen LogP contribution is 2.17. The third-order valence-corrected chi connectivity index (χ3v) is 4.27. The first-order valence-electron chi connectivity index (χ1n) is 8.28. The summed E-state index contributed by atoms with van der Waals surface area (Å²) in [5.74, 6) is 0.836. The smallest absolute Gasteiger partial charge is 0.151 e. The minimum atomic E-state index is -0.470. The molecule has 1 fully saturated rings. The Morgan fingerprint density at radius 2 is 2.12 bits per heavy atom. The summed E-state index contributed by atoms with van der Waals surface area (Å²) >= 11 is 0. The summed E-state index contributed by atoms with van der Waals surface area (Å²) in [5, 5.41) is 18.4. The van der Waals surface area contributed by atoms with Crippen molar-refractivity contribution in [2.24, 2.45) is 0 Å². The van der Waals surface area contributed by atoms with E-state index >= 15 is 0 Å². The molecule has 1 aliphatic heterocycles. The van der Waals surface area contributed by atoms with E-state index in [4.69, 9.17) is 4.74 Å². The third kappa shape index (κ3) is 4.50. The van der Waals surface area contributed by atoms with E-state index in [1.807, 2.05) is 49.5 Å². The second-order valence-corrected chi connectivity index (χ2v) is 6.14. The highest BCUT2D eigenvalue weighted by atomic mass is 16.5. The molecule has 1 saturated heterocycles. The van der Waals surface area contributed by atoms with Gasteiger partial charge in [0.1, 0.15) is 0 Å². The van der Waals surface area contributed by atoms with Crippen molar-refractivity contribution in [1.29, 1.82) is 0 Å². The van der Waals surface area contributed by atoms with E-state index in [1.54, 1.807) is 6.20 Å². The maximum atomic E-state index is 10.4. The number of anilines is 1. The van der Waals surface area contributed by atoms with Crippen molar-refractivity contribution >= 4 is 5.82 Å². The van der Waals surface area contributed by atoms with E-state index in [0.717, 1.165) is 31.0 Å². The highest BCUT2D eigenvalue weighted by Gasteiger charge is 2.24. The SMILES string of the molecule is CN(CC1CN(CC(O)c2ccccc2)CCO1)c1cccnn1. The fourth-order valence-electron chi connectivity index (χ4n) is 2.98. The van der Waals surface area contributed by atoms with Crippen LogP contribution in [0.5, 0.6) is 0 Å². The molecule has 0 bridgehead atoms. The van der Waals surface area contributed by atoms with Gasteiger partial charge in [-0.1, -0.05) is 30.3 Å². The first kappa shape index (κ1) is 16.8. The van der Waals surface area contributed by atoms with Gasteiger partial charge in [0, 0.05) is 39.4 Å². The molecule has 6 nitrogen and oxygen atoms in total. The maximum Gasteiger partial charge on any atom is 0.151 e. The molecule has 1 aliphatic rings. The number of morpholine rings is 1. The molecule has 2 unspecified atom stereocenters. The van der Waals surface area contributed by atoms with Crippen molar-refractivity contribution in [2.75, 3.05) is 44.7 Å². The molecule has 3 rings (SSSR count). The van der Waals surface area contributed by atoms with Crippen LogP contribution in [0, 0.1) is 0 Å². The maximum absolute atomic E-state index is 10.4. The summed E-state index contributed by atoms with van der Waals surface area (Å²) in [4.78, 5) is 4.31. The molecule has 0 spiro atoms. The molecule has 2 atom stereocenters. The van der Waals surface area contributed by atoms with E-state index in [2.05, 4.69) is 20.0 Å². The summed E-state index contributed by atoms with van der Waals surface area (Å²) < 4.78 is 5.87. The number of aromatic nitrogens is 2. The Bertz CT molecular complexity index is 557. The molecular weight excluding hydrogens is 304 g/mol. The summed E-state index contributed by atoms with van der Waals surface area (Å²) in [7, 11) is 1.99. The van der Waals surface area contributed by atoms with Crippen LogP contribution in [0.1, 0.15) is 11.7 Å². The van der Waals surface area contributed by atoms with Crippen LogP contribution in [0.25, 0.3) is 0 Å². The molecule has 1 aromatic heterocycles. The largest absolute Gasteiger partial charge is 0.387 e. The number of hydrogen-bond donors (Lipinski definition) is 1. The van der Waals surface area contributed by atoms with Gasteiger partial charge in [0.15, 0.2) is 5.82 Å².